The minimum atomic E-state index is -0.760. The number of ketones is 2. The van der Waals surface area contributed by atoms with Gasteiger partial charge in [-0.05, 0) is 81.1 Å². The first-order chi connectivity index (χ1) is 18.4. The average Bonchev–Trinajstić information content (AvgIpc) is 3.35. The molecule has 0 unspecified atom stereocenters. The van der Waals surface area contributed by atoms with E-state index in [1.807, 2.05) is 18.2 Å². The van der Waals surface area contributed by atoms with Crippen LogP contribution in [0.15, 0.2) is 42.5 Å². The number of aliphatic hydroxyl groups is 1. The maximum Gasteiger partial charge on any atom is 0.162 e. The second-order valence-corrected chi connectivity index (χ2v) is 10.5. The largest absolute Gasteiger partial charge is 0.497 e. The summed E-state index contributed by atoms with van der Waals surface area (Å²) in [6.45, 7) is 4.93. The highest BCUT2D eigenvalue weighted by Gasteiger charge is 2.30. The number of carbonyl (C=O) groups is 2. The van der Waals surface area contributed by atoms with Gasteiger partial charge in [-0.2, -0.15) is 0 Å². The van der Waals surface area contributed by atoms with Crippen LogP contribution in [0.2, 0.25) is 0 Å². The number of benzene rings is 2. The summed E-state index contributed by atoms with van der Waals surface area (Å²) in [5, 5.41) is 11.4. The van der Waals surface area contributed by atoms with Gasteiger partial charge in [-0.15, -0.1) is 0 Å². The maximum atomic E-state index is 13.0. The first-order valence-corrected chi connectivity index (χ1v) is 13.9. The highest BCUT2D eigenvalue weighted by molar-refractivity contribution is 5.96. The average molecular weight is 526 g/mol. The van der Waals surface area contributed by atoms with Crippen LogP contribution in [0.1, 0.15) is 81.7 Å². The monoisotopic (exact) mass is 525 g/mol. The van der Waals surface area contributed by atoms with Crippen LogP contribution in [-0.2, 0) is 4.79 Å². The van der Waals surface area contributed by atoms with E-state index < -0.39 is 6.10 Å². The molecule has 0 saturated carbocycles. The molecule has 0 aromatic heterocycles. The summed E-state index contributed by atoms with van der Waals surface area (Å²) in [5.41, 5.74) is 1.45. The van der Waals surface area contributed by atoms with E-state index in [0.29, 0.717) is 62.1 Å². The van der Waals surface area contributed by atoms with E-state index in [4.69, 9.17) is 14.2 Å². The van der Waals surface area contributed by atoms with Gasteiger partial charge in [-0.1, -0.05) is 12.5 Å². The molecule has 2 heterocycles. The number of unbranched alkanes of at least 4 members (excludes halogenated alkanes) is 2. The lowest BCUT2D eigenvalue weighted by Gasteiger charge is -2.30. The van der Waals surface area contributed by atoms with Crippen LogP contribution in [0.3, 0.4) is 0 Å². The Kier molecular flexibility index (Phi) is 10.2. The minimum absolute atomic E-state index is 0. The fourth-order valence-corrected chi connectivity index (χ4v) is 5.46. The fraction of sp³-hybridized carbons (Fsp3) is 0.548. The van der Waals surface area contributed by atoms with Crippen molar-refractivity contribution in [3.05, 3.63) is 53.6 Å². The molecule has 7 heteroatoms. The molecule has 1 N–H and O–H groups in total. The lowest BCUT2D eigenvalue weighted by Crippen LogP contribution is -2.35. The molecule has 38 heavy (non-hydrogen) atoms. The summed E-state index contributed by atoms with van der Waals surface area (Å²) in [5.74, 6) is 2.16. The zero-order valence-electron chi connectivity index (χ0n) is 22.7. The van der Waals surface area contributed by atoms with Crippen molar-refractivity contribution in [2.24, 2.45) is 5.92 Å². The molecule has 2 aromatic rings. The number of methoxy groups -OCH3 is 1. The summed E-state index contributed by atoms with van der Waals surface area (Å²) >= 11 is 0. The summed E-state index contributed by atoms with van der Waals surface area (Å²) in [6.07, 6.45) is 5.15. The van der Waals surface area contributed by atoms with Crippen molar-refractivity contribution in [3.8, 4) is 17.2 Å². The molecule has 0 amide bonds. The summed E-state index contributed by atoms with van der Waals surface area (Å²) < 4.78 is 16.5. The van der Waals surface area contributed by atoms with Gasteiger partial charge in [-0.3, -0.25) is 9.59 Å². The van der Waals surface area contributed by atoms with E-state index in [2.05, 4.69) is 11.8 Å². The molecule has 0 aliphatic carbocycles. The Hall–Kier alpha value is -2.90. The third-order valence-electron chi connectivity index (χ3n) is 7.78. The third kappa shape index (κ3) is 7.58. The predicted molar refractivity (Wildman–Crippen MR) is 148 cm³/mol. The number of hydrogen-bond donors (Lipinski definition) is 1. The Bertz CT molecular complexity index is 1080. The number of rotatable bonds is 14. The molecule has 3 atom stereocenters. The number of fused-ring (bicyclic) bond motifs is 1. The second kappa shape index (κ2) is 13.8. The van der Waals surface area contributed by atoms with Crippen molar-refractivity contribution >= 4 is 11.6 Å². The lowest BCUT2D eigenvalue weighted by molar-refractivity contribution is -0.121. The molecule has 1 saturated heterocycles. The summed E-state index contributed by atoms with van der Waals surface area (Å²) in [4.78, 5) is 27.8. The van der Waals surface area contributed by atoms with E-state index in [-0.39, 0.29) is 18.9 Å². The minimum Gasteiger partial charge on any atom is -0.497 e. The van der Waals surface area contributed by atoms with Gasteiger partial charge in [0, 0.05) is 44.8 Å². The van der Waals surface area contributed by atoms with Crippen LogP contribution in [0.4, 0.5) is 0 Å². The number of ether oxygens (including phenoxy) is 3. The molecule has 4 rings (SSSR count). The SMILES string of the molecule is COc1ccc(C(=O)CCCCCC(=O)C[C@H](CN2CCC[C@@H]2C)[C@@H](O)c2ccc3c(c2)OCCO3)cc1.[HH]. The highest BCUT2D eigenvalue weighted by Crippen LogP contribution is 2.36. The second-order valence-electron chi connectivity index (χ2n) is 10.5. The van der Waals surface area contributed by atoms with Gasteiger partial charge >= 0.3 is 0 Å². The van der Waals surface area contributed by atoms with Crippen LogP contribution in [0.25, 0.3) is 0 Å². The van der Waals surface area contributed by atoms with E-state index in [1.165, 1.54) is 0 Å². The molecule has 208 valence electrons. The van der Waals surface area contributed by atoms with E-state index >= 15 is 0 Å². The Labute approximate surface area is 227 Å². The number of Topliss-reactive ketones (excluding diaryl/α,β-unsaturated/α-hetero) is 2. The summed E-state index contributed by atoms with van der Waals surface area (Å²) in [6, 6.07) is 13.2. The Morgan fingerprint density at radius 2 is 1.79 bits per heavy atom. The smallest absolute Gasteiger partial charge is 0.162 e. The van der Waals surface area contributed by atoms with Crippen LogP contribution in [0, 0.1) is 5.92 Å². The zero-order chi connectivity index (χ0) is 26.9. The molecule has 2 aromatic carbocycles. The zero-order valence-corrected chi connectivity index (χ0v) is 22.7. The molecule has 1 fully saturated rings. The van der Waals surface area contributed by atoms with E-state index in [0.717, 1.165) is 50.0 Å². The van der Waals surface area contributed by atoms with Crippen molar-refractivity contribution < 1.29 is 30.3 Å². The number of hydrogen-bond acceptors (Lipinski definition) is 7. The predicted octanol–water partition coefficient (Wildman–Crippen LogP) is 5.64. The van der Waals surface area contributed by atoms with Crippen molar-refractivity contribution in [1.82, 2.24) is 4.90 Å². The van der Waals surface area contributed by atoms with Crippen molar-refractivity contribution in [1.29, 1.82) is 0 Å². The Morgan fingerprint density at radius 3 is 2.50 bits per heavy atom. The van der Waals surface area contributed by atoms with Gasteiger partial charge in [0.05, 0.1) is 13.2 Å². The molecule has 0 radical (unpaired) electrons. The number of nitrogens with zero attached hydrogens (tertiary/aromatic N) is 1. The molecule has 0 bridgehead atoms. The lowest BCUT2D eigenvalue weighted by atomic mass is 9.89. The van der Waals surface area contributed by atoms with E-state index in [1.54, 1.807) is 31.4 Å². The molecule has 0 spiro atoms. The number of carbonyl (C=O) groups excluding carboxylic acids is 2. The van der Waals surface area contributed by atoms with Gasteiger partial charge in [0.15, 0.2) is 17.3 Å². The molecular weight excluding hydrogens is 482 g/mol. The molecule has 2 aliphatic heterocycles. The van der Waals surface area contributed by atoms with Crippen LogP contribution in [0.5, 0.6) is 17.2 Å². The summed E-state index contributed by atoms with van der Waals surface area (Å²) in [7, 11) is 1.60. The van der Waals surface area contributed by atoms with Crippen molar-refractivity contribution in [3.63, 3.8) is 0 Å². The normalized spacial score (nSPS) is 18.7. The third-order valence-corrected chi connectivity index (χ3v) is 7.78. The van der Waals surface area contributed by atoms with Crippen molar-refractivity contribution in [2.45, 2.75) is 70.4 Å². The molecular formula is C31H43NO6. The van der Waals surface area contributed by atoms with E-state index in [9.17, 15) is 14.7 Å². The first-order valence-electron chi connectivity index (χ1n) is 13.9. The first kappa shape index (κ1) is 28.1. The standard InChI is InChI=1S/C31H41NO6.H2/c1-22-7-6-16-32(22)21-25(31(35)24-12-15-29-30(20-24)38-18-17-37-29)19-26(33)8-4-3-5-9-28(34)23-10-13-27(36-2)14-11-23;/h10-15,20,22,25,31,35H,3-9,16-19,21H2,1-2H3;1H/t22-,25+,31-;/m0./s1. The topological polar surface area (TPSA) is 85.3 Å². The van der Waals surface area contributed by atoms with Gasteiger partial charge in [0.25, 0.3) is 0 Å². The van der Waals surface area contributed by atoms with Crippen molar-refractivity contribution in [2.75, 3.05) is 33.4 Å². The maximum absolute atomic E-state index is 13.0. The Morgan fingerprint density at radius 1 is 1.05 bits per heavy atom. The van der Waals surface area contributed by atoms with Gasteiger partial charge < -0.3 is 24.2 Å². The molecule has 2 aliphatic rings. The van der Waals surface area contributed by atoms with Crippen LogP contribution >= 0.6 is 0 Å². The van der Waals surface area contributed by atoms with Crippen LogP contribution in [-0.4, -0.2) is 61.0 Å². The van der Waals surface area contributed by atoms with Crippen LogP contribution < -0.4 is 14.2 Å². The highest BCUT2D eigenvalue weighted by atomic mass is 16.6. The Balaban J connectivity index is 0.00000420. The quantitative estimate of drug-likeness (QED) is 0.252. The van der Waals surface area contributed by atoms with Gasteiger partial charge in [-0.25, -0.2) is 0 Å². The number of likely N-dealkylation sites (tertiary alicyclic amines) is 1. The van der Waals surface area contributed by atoms with Gasteiger partial charge in [0.2, 0.25) is 0 Å². The number of aliphatic hydroxyl groups excluding tert-OH is 1. The van der Waals surface area contributed by atoms with Gasteiger partial charge in [0.1, 0.15) is 24.7 Å². The fourth-order valence-electron chi connectivity index (χ4n) is 5.46. The molecule has 7 nitrogen and oxygen atoms in total.